The number of nitrogens with one attached hydrogen (secondary N) is 1. The van der Waals surface area contributed by atoms with Crippen LogP contribution < -0.4 is 15.9 Å². The van der Waals surface area contributed by atoms with E-state index in [0.717, 1.165) is 0 Å². The summed E-state index contributed by atoms with van der Waals surface area (Å²) >= 11 is 0. The highest BCUT2D eigenvalue weighted by molar-refractivity contribution is 5.67. The van der Waals surface area contributed by atoms with Crippen molar-refractivity contribution in [3.8, 4) is 0 Å². The van der Waals surface area contributed by atoms with Gasteiger partial charge in [0.25, 0.3) is 11.5 Å². The Balaban J connectivity index is 0.00000176. The van der Waals surface area contributed by atoms with Gasteiger partial charge in [-0.05, 0) is 0 Å². The number of H-pyrrole nitrogens is 1. The van der Waals surface area contributed by atoms with Crippen molar-refractivity contribution in [3.63, 3.8) is 0 Å². The van der Waals surface area contributed by atoms with E-state index in [4.69, 9.17) is 15.6 Å². The molecule has 0 unspecified atom stereocenters. The van der Waals surface area contributed by atoms with Crippen molar-refractivity contribution in [2.24, 2.45) is 7.05 Å². The molecule has 0 spiro atoms. The summed E-state index contributed by atoms with van der Waals surface area (Å²) in [5.74, 6) is -0.0702. The van der Waals surface area contributed by atoms with E-state index in [0.29, 0.717) is 0 Å². The SMILES string of the molecule is Cn1c[n+]([C@@H]2O[C@H](CO)[C@@H](O)[C@H]2O)c2nc(N)[nH]c(=O)c21.[2H-]. The van der Waals surface area contributed by atoms with Gasteiger partial charge in [-0.15, -0.1) is 0 Å². The number of aliphatic hydroxyl groups is 3. The molecule has 10 nitrogen and oxygen atoms in total. The molecule has 2 aromatic heterocycles. The number of ether oxygens (including phenoxy) is 1. The van der Waals surface area contributed by atoms with Crippen LogP contribution in [-0.2, 0) is 11.8 Å². The Labute approximate surface area is 119 Å². The Kier molecular flexibility index (Phi) is 3.17. The van der Waals surface area contributed by atoms with Crippen LogP contribution >= 0.6 is 0 Å². The molecule has 6 N–H and O–H groups in total. The quantitative estimate of drug-likeness (QED) is 0.367. The summed E-state index contributed by atoms with van der Waals surface area (Å²) in [5.41, 5.74) is 5.58. The van der Waals surface area contributed by atoms with Gasteiger partial charge in [0.15, 0.2) is 6.33 Å². The molecule has 0 radical (unpaired) electrons. The molecule has 10 heteroatoms. The summed E-state index contributed by atoms with van der Waals surface area (Å²) in [6, 6.07) is 0. The molecule has 2 aromatic rings. The topological polar surface area (TPSA) is 150 Å². The Morgan fingerprint density at radius 2 is 2.29 bits per heavy atom. The lowest BCUT2D eigenvalue weighted by molar-refractivity contribution is -0.745. The van der Waals surface area contributed by atoms with Gasteiger partial charge in [-0.1, -0.05) is 4.98 Å². The molecule has 1 fully saturated rings. The van der Waals surface area contributed by atoms with Crippen molar-refractivity contribution in [3.05, 3.63) is 16.7 Å². The van der Waals surface area contributed by atoms with E-state index in [1.54, 1.807) is 7.05 Å². The molecule has 1 aliphatic rings. The van der Waals surface area contributed by atoms with Crippen LogP contribution in [0.25, 0.3) is 11.2 Å². The molecule has 0 amide bonds. The van der Waals surface area contributed by atoms with Crippen molar-refractivity contribution in [1.29, 1.82) is 0 Å². The number of fused-ring (bicyclic) bond motifs is 1. The number of aryl methyl sites for hydroxylation is 1. The molecular weight excluding hydrogens is 282 g/mol. The maximum atomic E-state index is 11.9. The van der Waals surface area contributed by atoms with Crippen LogP contribution in [0.4, 0.5) is 5.95 Å². The molecule has 3 rings (SSSR count). The number of aromatic nitrogens is 4. The summed E-state index contributed by atoms with van der Waals surface area (Å²) in [7, 11) is 1.63. The minimum absolute atomic E-state index is 0. The number of hydrogen-bond acceptors (Lipinski definition) is 7. The standard InChI is InChI=1S/C11H15N5O5.H/c1-15-3-16(8-5(15)9(20)14-11(12)13-8)10-7(19)6(18)4(2-17)21-10;/h3-4,6-7,10,17-19H,2H2,1H3,(H2-,12,13,14,20);/q;-1/p+1/t4-,6-,7-,10-;/m1./s1/i;1+1. The van der Waals surface area contributed by atoms with Gasteiger partial charge in [0.05, 0.1) is 13.7 Å². The maximum Gasteiger partial charge on any atom is 0.313 e. The number of nitrogens with two attached hydrogens (primary N) is 1. The zero-order valence-corrected chi connectivity index (χ0v) is 11.2. The number of rotatable bonds is 2. The number of imidazole rings is 1. The molecule has 0 aromatic carbocycles. The molecule has 0 aliphatic carbocycles. The third-order valence-electron chi connectivity index (χ3n) is 3.58. The molecule has 21 heavy (non-hydrogen) atoms. The highest BCUT2D eigenvalue weighted by Gasteiger charge is 2.46. The number of anilines is 1. The predicted octanol–water partition coefficient (Wildman–Crippen LogP) is -3.14. The Bertz CT molecular complexity index is 746. The van der Waals surface area contributed by atoms with Crippen LogP contribution in [-0.4, -0.2) is 54.8 Å². The van der Waals surface area contributed by atoms with Crippen LogP contribution in [0.5, 0.6) is 0 Å². The second-order valence-corrected chi connectivity index (χ2v) is 4.99. The van der Waals surface area contributed by atoms with E-state index in [2.05, 4.69) is 9.97 Å². The zero-order valence-electron chi connectivity index (χ0n) is 12.2. The first-order valence-corrected chi connectivity index (χ1v) is 6.32. The lowest BCUT2D eigenvalue weighted by Gasteiger charge is -2.11. The highest BCUT2D eigenvalue weighted by atomic mass is 16.6. The van der Waals surface area contributed by atoms with Crippen molar-refractivity contribution in [2.75, 3.05) is 12.3 Å². The minimum Gasteiger partial charge on any atom is -1.00 e. The average Bonchev–Trinajstić information content (AvgIpc) is 2.89. The highest BCUT2D eigenvalue weighted by Crippen LogP contribution is 2.26. The second kappa shape index (κ2) is 4.77. The number of aromatic amines is 1. The molecule has 0 bridgehead atoms. The minimum atomic E-state index is -1.26. The number of aliphatic hydroxyl groups excluding tert-OH is 3. The first kappa shape index (κ1) is 13.9. The van der Waals surface area contributed by atoms with Gasteiger partial charge in [-0.25, -0.2) is 4.57 Å². The van der Waals surface area contributed by atoms with Crippen molar-refractivity contribution >= 4 is 17.1 Å². The van der Waals surface area contributed by atoms with Gasteiger partial charge in [-0.3, -0.25) is 14.3 Å². The zero-order chi connectivity index (χ0) is 15.3. The van der Waals surface area contributed by atoms with E-state index in [-0.39, 0.29) is 18.5 Å². The summed E-state index contributed by atoms with van der Waals surface area (Å²) in [6.45, 7) is -0.434. The van der Waals surface area contributed by atoms with E-state index in [1.807, 2.05) is 0 Å². The number of nitrogen functional groups attached to an aromatic ring is 1. The Morgan fingerprint density at radius 3 is 2.90 bits per heavy atom. The molecular formula is C11H17N5O5. The smallest absolute Gasteiger partial charge is 0.313 e. The first-order valence-electron chi connectivity index (χ1n) is 6.32. The summed E-state index contributed by atoms with van der Waals surface area (Å²) in [4.78, 5) is 18.3. The van der Waals surface area contributed by atoms with Crippen molar-refractivity contribution in [2.45, 2.75) is 24.5 Å². The molecule has 3 heterocycles. The lowest BCUT2D eigenvalue weighted by atomic mass is 10.1. The van der Waals surface area contributed by atoms with Gasteiger partial charge in [0.2, 0.25) is 11.7 Å². The average molecular weight is 300 g/mol. The molecule has 1 saturated heterocycles. The third-order valence-corrected chi connectivity index (χ3v) is 3.58. The van der Waals surface area contributed by atoms with Crippen molar-refractivity contribution in [1.82, 2.24) is 14.5 Å². The van der Waals surface area contributed by atoms with Gasteiger partial charge in [-0.2, -0.15) is 0 Å². The largest absolute Gasteiger partial charge is 1.00 e. The number of hydrogen-bond donors (Lipinski definition) is 5. The molecule has 1 aliphatic heterocycles. The van der Waals surface area contributed by atoms with Crippen LogP contribution in [0.1, 0.15) is 7.65 Å². The summed E-state index contributed by atoms with van der Waals surface area (Å²) in [6.07, 6.45) is -2.88. The first-order chi connectivity index (χ1) is 9.93. The van der Waals surface area contributed by atoms with Crippen LogP contribution in [0, 0.1) is 0 Å². The summed E-state index contributed by atoms with van der Waals surface area (Å²) in [5, 5.41) is 29.0. The normalized spacial score (nSPS) is 29.3. The summed E-state index contributed by atoms with van der Waals surface area (Å²) < 4.78 is 8.35. The maximum absolute atomic E-state index is 11.9. The molecule has 4 atom stereocenters. The Morgan fingerprint density at radius 1 is 1.57 bits per heavy atom. The Hall–Kier alpha value is -2.01. The van der Waals surface area contributed by atoms with E-state index in [9.17, 15) is 15.0 Å². The monoisotopic (exact) mass is 300 g/mol. The van der Waals surface area contributed by atoms with E-state index >= 15 is 0 Å². The van der Waals surface area contributed by atoms with Crippen LogP contribution in [0.15, 0.2) is 11.1 Å². The van der Waals surface area contributed by atoms with Crippen LogP contribution in [0.3, 0.4) is 0 Å². The van der Waals surface area contributed by atoms with Gasteiger partial charge < -0.3 is 27.2 Å². The van der Waals surface area contributed by atoms with E-state index in [1.165, 1.54) is 15.5 Å². The van der Waals surface area contributed by atoms with Gasteiger partial charge >= 0.3 is 5.65 Å². The second-order valence-electron chi connectivity index (χ2n) is 4.99. The van der Waals surface area contributed by atoms with E-state index < -0.39 is 36.7 Å². The van der Waals surface area contributed by atoms with Gasteiger partial charge in [0.1, 0.15) is 18.3 Å². The third kappa shape index (κ3) is 2.00. The fourth-order valence-corrected chi connectivity index (χ4v) is 2.57. The molecule has 0 saturated carbocycles. The van der Waals surface area contributed by atoms with Crippen molar-refractivity contribution < 1.29 is 26.1 Å². The van der Waals surface area contributed by atoms with Gasteiger partial charge in [0, 0.05) is 0 Å². The fraction of sp³-hybridized carbons (Fsp3) is 0.545. The predicted molar refractivity (Wildman–Crippen MR) is 70.1 cm³/mol. The van der Waals surface area contributed by atoms with Crippen LogP contribution in [0.2, 0.25) is 0 Å². The number of nitrogens with zero attached hydrogens (tertiary/aromatic N) is 3. The lowest BCUT2D eigenvalue weighted by Crippen LogP contribution is -2.46. The molecule has 116 valence electrons. The fourth-order valence-electron chi connectivity index (χ4n) is 2.57.